The van der Waals surface area contributed by atoms with E-state index in [1.54, 1.807) is 19.0 Å². The largest absolute Gasteiger partial charge is 0.362 e. The number of fused-ring (bicyclic) bond motifs is 2. The molecule has 0 saturated heterocycles. The van der Waals surface area contributed by atoms with Crippen molar-refractivity contribution in [3.63, 3.8) is 0 Å². The Labute approximate surface area is 201 Å². The number of rotatable bonds is 5. The van der Waals surface area contributed by atoms with E-state index in [1.807, 2.05) is 12.1 Å². The average Bonchev–Trinajstić information content (AvgIpc) is 2.71. The summed E-state index contributed by atoms with van der Waals surface area (Å²) >= 11 is 13.0. The number of benzene rings is 1. The highest BCUT2D eigenvalue weighted by Crippen LogP contribution is 2.73. The summed E-state index contributed by atoms with van der Waals surface area (Å²) in [4.78, 5) is 17.3. The van der Waals surface area contributed by atoms with Gasteiger partial charge in [0.05, 0.1) is 21.9 Å². The molecule has 5 rings (SSSR count). The van der Waals surface area contributed by atoms with E-state index in [9.17, 15) is 10.3 Å². The summed E-state index contributed by atoms with van der Waals surface area (Å²) < 4.78 is 0. The van der Waals surface area contributed by atoms with Crippen LogP contribution in [-0.4, -0.2) is 41.6 Å². The van der Waals surface area contributed by atoms with Crippen LogP contribution < -0.4 is 5.32 Å². The number of urea groups is 1. The van der Waals surface area contributed by atoms with E-state index in [-0.39, 0.29) is 28.3 Å². The van der Waals surface area contributed by atoms with Crippen LogP contribution in [0, 0.1) is 22.7 Å². The maximum absolute atomic E-state index is 11.9. The molecule has 0 aromatic heterocycles. The average molecular weight is 477 g/mol. The number of hydrogen-bond acceptors (Lipinski definition) is 1. The van der Waals surface area contributed by atoms with Crippen molar-refractivity contribution in [1.29, 1.82) is 0 Å². The third-order valence-corrected chi connectivity index (χ3v) is 10.0. The van der Waals surface area contributed by atoms with Crippen molar-refractivity contribution < 1.29 is 9.58 Å². The van der Waals surface area contributed by atoms with Crippen LogP contribution >= 0.6 is 23.2 Å². The molecule has 4 saturated carbocycles. The van der Waals surface area contributed by atoms with Crippen molar-refractivity contribution in [2.24, 2.45) is 22.7 Å². The third-order valence-electron chi connectivity index (χ3n) is 9.18. The topological polar surface area (TPSA) is 68.7 Å². The molecule has 3 unspecified atom stereocenters. The number of nitrogens with one attached hydrogen (secondary N) is 1. The molecule has 2 bridgehead atoms. The van der Waals surface area contributed by atoms with Gasteiger partial charge in [-0.25, -0.2) is 4.79 Å². The smallest absolute Gasteiger partial charge is 0.317 e. The molecule has 7 heteroatoms. The number of nitrogens with zero attached hydrogens (tertiary/aromatic N) is 3. The molecule has 4 fully saturated rings. The van der Waals surface area contributed by atoms with Gasteiger partial charge in [-0.2, -0.15) is 4.79 Å². The summed E-state index contributed by atoms with van der Waals surface area (Å²) in [5.74, 6) is 1.02. The van der Waals surface area contributed by atoms with Gasteiger partial charge < -0.3 is 15.7 Å². The molecule has 0 radical (unpaired) electrons. The fraction of sp³-hybridized carbons (Fsp3) is 0.680. The highest BCUT2D eigenvalue weighted by molar-refractivity contribution is 6.42. The summed E-state index contributed by atoms with van der Waals surface area (Å²) in [5, 5.41) is 4.28. The van der Waals surface area contributed by atoms with Crippen molar-refractivity contribution in [1.82, 2.24) is 10.2 Å². The van der Waals surface area contributed by atoms with Crippen molar-refractivity contribution in [3.05, 3.63) is 39.3 Å². The van der Waals surface area contributed by atoms with Crippen LogP contribution in [0.3, 0.4) is 0 Å². The van der Waals surface area contributed by atoms with Gasteiger partial charge in [-0.05, 0) is 67.9 Å². The van der Waals surface area contributed by atoms with E-state index in [0.29, 0.717) is 28.3 Å². The predicted molar refractivity (Wildman–Crippen MR) is 129 cm³/mol. The quantitative estimate of drug-likeness (QED) is 0.399. The number of carbonyl (C=O) groups is 1. The van der Waals surface area contributed by atoms with Gasteiger partial charge in [0.2, 0.25) is 0 Å². The summed E-state index contributed by atoms with van der Waals surface area (Å²) in [6, 6.07) is 6.13. The van der Waals surface area contributed by atoms with E-state index in [4.69, 9.17) is 23.2 Å². The lowest BCUT2D eigenvalue weighted by Crippen LogP contribution is -2.70. The Hall–Kier alpha value is -1.55. The monoisotopic (exact) mass is 476 g/mol. The minimum Gasteiger partial charge on any atom is -0.362 e. The van der Waals surface area contributed by atoms with Crippen LogP contribution in [0.2, 0.25) is 10.0 Å². The van der Waals surface area contributed by atoms with Gasteiger partial charge in [0, 0.05) is 25.6 Å². The minimum absolute atomic E-state index is 0.0189. The molecule has 174 valence electrons. The molecule has 1 N–H and O–H groups in total. The molecular weight excluding hydrogens is 443 g/mol. The summed E-state index contributed by atoms with van der Waals surface area (Å²) in [5.41, 5.74) is 11.7. The normalized spacial score (nSPS) is 34.7. The second-order valence-corrected chi connectivity index (χ2v) is 12.0. The molecule has 4 aliphatic rings. The Morgan fingerprint density at radius 1 is 1.25 bits per heavy atom. The number of amides is 2. The maximum Gasteiger partial charge on any atom is 0.317 e. The first-order valence-electron chi connectivity index (χ1n) is 11.6. The molecule has 32 heavy (non-hydrogen) atoms. The molecule has 2 amide bonds. The third kappa shape index (κ3) is 3.40. The zero-order valence-electron chi connectivity index (χ0n) is 19.7. The van der Waals surface area contributed by atoms with Crippen LogP contribution in [0.4, 0.5) is 4.79 Å². The summed E-state index contributed by atoms with van der Waals surface area (Å²) in [6.45, 7) is 6.95. The molecule has 0 heterocycles. The Morgan fingerprint density at radius 2 is 1.94 bits per heavy atom. The lowest BCUT2D eigenvalue weighted by atomic mass is 9.31. The molecule has 4 aliphatic carbocycles. The van der Waals surface area contributed by atoms with E-state index in [1.165, 1.54) is 0 Å². The van der Waals surface area contributed by atoms with Gasteiger partial charge in [0.15, 0.2) is 0 Å². The Balaban J connectivity index is 1.47. The van der Waals surface area contributed by atoms with Crippen LogP contribution in [0.25, 0.3) is 5.53 Å². The standard InChI is InChI=1S/C25H34Cl2N4O/c1-23(2)19-13-25(23,17-7-6-8-18(26)21(17)27)14-20(30-28)24(19,3)10-9-15-11-16(12-15)29-22(32)31(4)5/h6-8,15-16,19H,9-14H2,1-5H3,(H,29,32). The maximum atomic E-state index is 11.9. The molecule has 1 aromatic rings. The highest BCUT2D eigenvalue weighted by atomic mass is 35.5. The first-order valence-corrected chi connectivity index (χ1v) is 12.4. The number of halogens is 2. The van der Waals surface area contributed by atoms with Gasteiger partial charge in [0.25, 0.3) is 5.71 Å². The highest BCUT2D eigenvalue weighted by Gasteiger charge is 2.73. The van der Waals surface area contributed by atoms with E-state index in [2.05, 4.69) is 36.9 Å². The SMILES string of the molecule is CN(C)C(=O)NC1CC(CCC2(C)C(=[N+]=[N-])CC3(c4cccc(Cl)c4Cl)CC2C3(C)C)C1. The summed E-state index contributed by atoms with van der Waals surface area (Å²) in [6.07, 6.45) is 5.87. The molecule has 5 nitrogen and oxygen atoms in total. The fourth-order valence-electron chi connectivity index (χ4n) is 6.87. The molecule has 1 aromatic carbocycles. The van der Waals surface area contributed by atoms with Gasteiger partial charge in [-0.3, -0.25) is 0 Å². The Kier molecular flexibility index (Phi) is 5.93. The fourth-order valence-corrected chi connectivity index (χ4v) is 7.35. The first kappa shape index (κ1) is 23.6. The minimum atomic E-state index is -0.154. The molecule has 0 aliphatic heterocycles. The van der Waals surface area contributed by atoms with Crippen molar-refractivity contribution in [2.45, 2.75) is 70.8 Å². The van der Waals surface area contributed by atoms with Gasteiger partial charge in [0.1, 0.15) is 0 Å². The van der Waals surface area contributed by atoms with Crippen molar-refractivity contribution in [3.8, 4) is 0 Å². The lowest BCUT2D eigenvalue weighted by molar-refractivity contribution is -0.154. The van der Waals surface area contributed by atoms with Gasteiger partial charge in [-0.15, -0.1) is 0 Å². The number of hydrogen-bond donors (Lipinski definition) is 1. The van der Waals surface area contributed by atoms with E-state index >= 15 is 0 Å². The Morgan fingerprint density at radius 3 is 2.53 bits per heavy atom. The van der Waals surface area contributed by atoms with Crippen LogP contribution in [0.15, 0.2) is 18.2 Å². The number of carbonyl (C=O) groups excluding carboxylic acids is 1. The summed E-state index contributed by atoms with van der Waals surface area (Å²) in [7, 11) is 3.53. The molecule has 3 atom stereocenters. The van der Waals surface area contributed by atoms with Gasteiger partial charge >= 0.3 is 6.03 Å². The van der Waals surface area contributed by atoms with Crippen LogP contribution in [0.1, 0.15) is 64.9 Å². The van der Waals surface area contributed by atoms with Crippen LogP contribution in [-0.2, 0) is 5.41 Å². The van der Waals surface area contributed by atoms with E-state index in [0.717, 1.165) is 43.4 Å². The molecular formula is C25H34Cl2N4O. The second kappa shape index (κ2) is 8.04. The Bertz CT molecular complexity index is 980. The van der Waals surface area contributed by atoms with Crippen LogP contribution in [0.5, 0.6) is 0 Å². The molecule has 0 spiro atoms. The van der Waals surface area contributed by atoms with Gasteiger partial charge in [-0.1, -0.05) is 49.2 Å². The second-order valence-electron chi connectivity index (χ2n) is 11.2. The predicted octanol–water partition coefficient (Wildman–Crippen LogP) is 6.19. The zero-order chi connectivity index (χ0) is 23.5. The zero-order valence-corrected chi connectivity index (χ0v) is 21.2. The van der Waals surface area contributed by atoms with E-state index < -0.39 is 0 Å². The lowest BCUT2D eigenvalue weighted by Gasteiger charge is -2.69. The first-order chi connectivity index (χ1) is 15.0. The van der Waals surface area contributed by atoms with Crippen molar-refractivity contribution >= 4 is 34.9 Å². The van der Waals surface area contributed by atoms with Crippen molar-refractivity contribution in [2.75, 3.05) is 14.1 Å².